The highest BCUT2D eigenvalue weighted by molar-refractivity contribution is 7.89. The number of carbonyl (C=O) groups is 1. The topological polar surface area (TPSA) is 138 Å². The molecule has 0 saturated carbocycles. The minimum atomic E-state index is -3.55. The molecule has 2 aliphatic heterocycles. The number of nitrogens with two attached hydrogens (primary N) is 1. The molecule has 1 aromatic rings. The van der Waals surface area contributed by atoms with Crippen molar-refractivity contribution in [1.29, 1.82) is 0 Å². The van der Waals surface area contributed by atoms with E-state index in [9.17, 15) is 13.2 Å². The van der Waals surface area contributed by atoms with Crippen LogP contribution in [0.15, 0.2) is 33.8 Å². The van der Waals surface area contributed by atoms with Gasteiger partial charge in [-0.3, -0.25) is 14.6 Å². The molecule has 1 unspecified atom stereocenters. The van der Waals surface area contributed by atoms with E-state index in [1.807, 2.05) is 17.0 Å². The summed E-state index contributed by atoms with van der Waals surface area (Å²) in [4.78, 5) is 20.5. The van der Waals surface area contributed by atoms with Crippen LogP contribution in [-0.2, 0) is 19.7 Å². The predicted molar refractivity (Wildman–Crippen MR) is 109 cm³/mol. The Balaban J connectivity index is 1.51. The van der Waals surface area contributed by atoms with Gasteiger partial charge in [0.15, 0.2) is 0 Å². The van der Waals surface area contributed by atoms with Crippen molar-refractivity contribution in [3.05, 3.63) is 35.4 Å². The Bertz CT molecular complexity index is 905. The van der Waals surface area contributed by atoms with Crippen molar-refractivity contribution in [3.8, 4) is 0 Å². The van der Waals surface area contributed by atoms with Crippen molar-refractivity contribution in [2.75, 3.05) is 45.5 Å². The molecule has 0 radical (unpaired) electrons. The lowest BCUT2D eigenvalue weighted by Gasteiger charge is -2.34. The first-order chi connectivity index (χ1) is 13.7. The number of oxime groups is 1. The van der Waals surface area contributed by atoms with Crippen molar-refractivity contribution in [2.45, 2.75) is 12.5 Å². The maximum Gasteiger partial charge on any atom is 0.317 e. The number of hydrogen-bond donors (Lipinski definition) is 2. The molecule has 0 aromatic heterocycles. The van der Waals surface area contributed by atoms with E-state index in [0.29, 0.717) is 12.0 Å². The monoisotopic (exact) mass is 423 g/mol. The van der Waals surface area contributed by atoms with Gasteiger partial charge in [0.2, 0.25) is 0 Å². The van der Waals surface area contributed by atoms with Gasteiger partial charge < -0.3 is 15.7 Å². The summed E-state index contributed by atoms with van der Waals surface area (Å²) in [5.41, 5.74) is 7.95. The standard InChI is InChI=1S/C18H25N5O5S/c1-29(26,27)21-18(19)14-4-2-13(3-5-14)16-10-15(28-20-16)11-22-6-8-23(9-7-22)12-17(24)25/h2-5,15H,6-12H2,1H3,(H2,19,21)(H,24,25). The van der Waals surface area contributed by atoms with E-state index in [4.69, 9.17) is 15.7 Å². The Labute approximate surface area is 169 Å². The summed E-state index contributed by atoms with van der Waals surface area (Å²) in [7, 11) is -3.55. The van der Waals surface area contributed by atoms with Crippen LogP contribution < -0.4 is 5.73 Å². The van der Waals surface area contributed by atoms with Crippen molar-refractivity contribution in [1.82, 2.24) is 9.80 Å². The minimum Gasteiger partial charge on any atom is -0.480 e. The number of hydrogen-bond acceptors (Lipinski definition) is 7. The number of benzene rings is 1. The van der Waals surface area contributed by atoms with Crippen LogP contribution in [0, 0.1) is 0 Å². The van der Waals surface area contributed by atoms with Crippen LogP contribution in [0.25, 0.3) is 0 Å². The molecule has 3 rings (SSSR count). The Morgan fingerprint density at radius 2 is 1.86 bits per heavy atom. The van der Waals surface area contributed by atoms with Gasteiger partial charge in [-0.15, -0.1) is 4.40 Å². The maximum absolute atomic E-state index is 11.2. The van der Waals surface area contributed by atoms with Crippen LogP contribution in [-0.4, -0.2) is 92.5 Å². The minimum absolute atomic E-state index is 0.0485. The highest BCUT2D eigenvalue weighted by Crippen LogP contribution is 2.19. The Hall–Kier alpha value is -2.50. The van der Waals surface area contributed by atoms with Gasteiger partial charge in [0.25, 0.3) is 10.0 Å². The fourth-order valence-electron chi connectivity index (χ4n) is 3.37. The number of aliphatic carboxylic acids is 1. The van der Waals surface area contributed by atoms with Crippen LogP contribution in [0.2, 0.25) is 0 Å². The molecule has 11 heteroatoms. The first-order valence-electron chi connectivity index (χ1n) is 9.25. The second kappa shape index (κ2) is 8.89. The van der Waals surface area contributed by atoms with Crippen LogP contribution in [0.4, 0.5) is 0 Å². The largest absolute Gasteiger partial charge is 0.480 e. The zero-order valence-corrected chi connectivity index (χ0v) is 17.0. The quantitative estimate of drug-likeness (QED) is 0.444. The Morgan fingerprint density at radius 1 is 1.24 bits per heavy atom. The van der Waals surface area contributed by atoms with Crippen molar-refractivity contribution >= 4 is 27.5 Å². The number of piperazine rings is 1. The van der Waals surface area contributed by atoms with Gasteiger partial charge in [0, 0.05) is 44.7 Å². The average Bonchev–Trinajstić information content (AvgIpc) is 3.10. The molecular formula is C18H25N5O5S. The van der Waals surface area contributed by atoms with Crippen LogP contribution >= 0.6 is 0 Å². The first kappa shape index (κ1) is 21.2. The molecule has 0 amide bonds. The van der Waals surface area contributed by atoms with Gasteiger partial charge in [0.1, 0.15) is 11.9 Å². The molecule has 3 N–H and O–H groups in total. The number of rotatable bonds is 7. The number of nitrogens with zero attached hydrogens (tertiary/aromatic N) is 4. The van der Waals surface area contributed by atoms with Crippen LogP contribution in [0.5, 0.6) is 0 Å². The predicted octanol–water partition coefficient (Wildman–Crippen LogP) is -0.453. The fraction of sp³-hybridized carbons (Fsp3) is 0.500. The SMILES string of the molecule is CS(=O)(=O)/N=C(\N)c1ccc(C2=NOC(CN3CCN(CC(=O)O)CC3)C2)cc1. The number of amidine groups is 1. The normalized spacial score (nSPS) is 21.6. The molecule has 1 atom stereocenters. The van der Waals surface area contributed by atoms with Crippen molar-refractivity contribution in [2.24, 2.45) is 15.3 Å². The van der Waals surface area contributed by atoms with Crippen molar-refractivity contribution < 1.29 is 23.2 Å². The zero-order valence-electron chi connectivity index (χ0n) is 16.2. The summed E-state index contributed by atoms with van der Waals surface area (Å²) in [6.07, 6.45) is 1.61. The molecule has 0 bridgehead atoms. The highest BCUT2D eigenvalue weighted by Gasteiger charge is 2.27. The second-order valence-corrected chi connectivity index (χ2v) is 8.88. The molecule has 1 saturated heterocycles. The number of sulfonamides is 1. The van der Waals surface area contributed by atoms with Gasteiger partial charge in [-0.2, -0.15) is 0 Å². The van der Waals surface area contributed by atoms with Gasteiger partial charge in [0.05, 0.1) is 18.5 Å². The van der Waals surface area contributed by atoms with Gasteiger partial charge in [-0.1, -0.05) is 29.4 Å². The smallest absolute Gasteiger partial charge is 0.317 e. The Kier molecular flexibility index (Phi) is 6.50. The maximum atomic E-state index is 11.2. The van der Waals surface area contributed by atoms with Crippen molar-refractivity contribution in [3.63, 3.8) is 0 Å². The zero-order chi connectivity index (χ0) is 21.0. The molecule has 0 spiro atoms. The molecule has 10 nitrogen and oxygen atoms in total. The Morgan fingerprint density at radius 3 is 2.45 bits per heavy atom. The summed E-state index contributed by atoms with van der Waals surface area (Å²) in [6, 6.07) is 7.04. The van der Waals surface area contributed by atoms with E-state index in [1.54, 1.807) is 12.1 Å². The lowest BCUT2D eigenvalue weighted by molar-refractivity contribution is -0.138. The highest BCUT2D eigenvalue weighted by atomic mass is 32.2. The third-order valence-corrected chi connectivity index (χ3v) is 5.33. The van der Waals surface area contributed by atoms with Gasteiger partial charge >= 0.3 is 5.97 Å². The molecular weight excluding hydrogens is 398 g/mol. The second-order valence-electron chi connectivity index (χ2n) is 7.23. The third-order valence-electron chi connectivity index (χ3n) is 4.80. The average molecular weight is 423 g/mol. The van der Waals surface area contributed by atoms with Crippen LogP contribution in [0.1, 0.15) is 17.5 Å². The summed E-state index contributed by atoms with van der Waals surface area (Å²) >= 11 is 0. The molecule has 1 fully saturated rings. The van der Waals surface area contributed by atoms with Gasteiger partial charge in [-0.05, 0) is 5.56 Å². The molecule has 2 aliphatic rings. The lowest BCUT2D eigenvalue weighted by Crippen LogP contribution is -2.49. The van der Waals surface area contributed by atoms with Gasteiger partial charge in [-0.25, -0.2) is 8.42 Å². The third kappa shape index (κ3) is 6.24. The summed E-state index contributed by atoms with van der Waals surface area (Å²) in [5.74, 6) is -0.852. The number of carboxylic acid groups (broad SMARTS) is 1. The summed E-state index contributed by atoms with van der Waals surface area (Å²) in [6.45, 7) is 3.87. The molecule has 1 aromatic carbocycles. The summed E-state index contributed by atoms with van der Waals surface area (Å²) < 4.78 is 25.9. The van der Waals surface area contributed by atoms with E-state index in [-0.39, 0.29) is 18.5 Å². The molecule has 158 valence electrons. The lowest BCUT2D eigenvalue weighted by atomic mass is 10.0. The summed E-state index contributed by atoms with van der Waals surface area (Å²) in [5, 5.41) is 13.1. The van der Waals surface area contributed by atoms with E-state index in [0.717, 1.165) is 50.3 Å². The van der Waals surface area contributed by atoms with E-state index >= 15 is 0 Å². The molecule has 0 aliphatic carbocycles. The fourth-order valence-corrected chi connectivity index (χ4v) is 3.83. The van der Waals surface area contributed by atoms with E-state index in [2.05, 4.69) is 14.5 Å². The molecule has 29 heavy (non-hydrogen) atoms. The molecule has 2 heterocycles. The van der Waals surface area contributed by atoms with E-state index in [1.165, 1.54) is 0 Å². The number of carboxylic acids is 1. The van der Waals surface area contributed by atoms with Crippen LogP contribution in [0.3, 0.4) is 0 Å². The van der Waals surface area contributed by atoms with E-state index < -0.39 is 16.0 Å². The first-order valence-corrected chi connectivity index (χ1v) is 11.1.